The molecule has 0 spiro atoms. The molecule has 0 radical (unpaired) electrons. The van der Waals surface area contributed by atoms with E-state index in [2.05, 4.69) is 48.1 Å². The smallest absolute Gasteiger partial charge is 0.128 e. The van der Waals surface area contributed by atoms with E-state index >= 15 is 0 Å². The minimum atomic E-state index is 0.542. The molecule has 1 aromatic heterocycles. The number of anilines is 1. The minimum absolute atomic E-state index is 0.542. The zero-order chi connectivity index (χ0) is 14.4. The van der Waals surface area contributed by atoms with E-state index in [1.165, 1.54) is 31.2 Å². The van der Waals surface area contributed by atoms with Crippen molar-refractivity contribution in [2.45, 2.75) is 53.0 Å². The summed E-state index contributed by atoms with van der Waals surface area (Å²) in [6, 6.07) is 4.39. The molecule has 2 heterocycles. The Kier molecular flexibility index (Phi) is 5.41. The lowest BCUT2D eigenvalue weighted by Gasteiger charge is -2.39. The predicted molar refractivity (Wildman–Crippen MR) is 86.1 cm³/mol. The maximum atomic E-state index is 4.64. The quantitative estimate of drug-likeness (QED) is 0.804. The molecule has 0 bridgehead atoms. The van der Waals surface area contributed by atoms with E-state index in [1.807, 2.05) is 6.20 Å². The zero-order valence-corrected chi connectivity index (χ0v) is 13.3. The average Bonchev–Trinajstić information content (AvgIpc) is 2.49. The van der Waals surface area contributed by atoms with Gasteiger partial charge in [0.15, 0.2) is 0 Å². The van der Waals surface area contributed by atoms with E-state index in [-0.39, 0.29) is 0 Å². The highest BCUT2D eigenvalue weighted by molar-refractivity contribution is 5.39. The molecule has 0 aromatic carbocycles. The molecule has 0 saturated carbocycles. The normalized spacial score (nSPS) is 18.2. The third-order valence-corrected chi connectivity index (χ3v) is 4.71. The summed E-state index contributed by atoms with van der Waals surface area (Å²) in [5, 5.41) is 3.42. The Morgan fingerprint density at radius 2 is 2.00 bits per heavy atom. The Hall–Kier alpha value is -1.09. The highest BCUT2D eigenvalue weighted by Crippen LogP contribution is 2.35. The van der Waals surface area contributed by atoms with Crippen molar-refractivity contribution in [1.29, 1.82) is 0 Å². The summed E-state index contributed by atoms with van der Waals surface area (Å²) in [7, 11) is 0. The number of nitrogens with zero attached hydrogens (tertiary/aromatic N) is 2. The maximum Gasteiger partial charge on any atom is 0.128 e. The number of nitrogens with one attached hydrogen (secondary N) is 1. The van der Waals surface area contributed by atoms with Crippen molar-refractivity contribution >= 4 is 5.82 Å². The monoisotopic (exact) mass is 275 g/mol. The molecule has 1 N–H and O–H groups in total. The van der Waals surface area contributed by atoms with Crippen molar-refractivity contribution in [3.63, 3.8) is 0 Å². The van der Waals surface area contributed by atoms with Gasteiger partial charge in [0.05, 0.1) is 0 Å². The van der Waals surface area contributed by atoms with Gasteiger partial charge in [-0.3, -0.25) is 0 Å². The molecular weight excluding hydrogens is 246 g/mol. The second-order valence-electron chi connectivity index (χ2n) is 6.35. The van der Waals surface area contributed by atoms with Crippen molar-refractivity contribution < 1.29 is 0 Å². The molecule has 0 amide bonds. The van der Waals surface area contributed by atoms with Gasteiger partial charge >= 0.3 is 0 Å². The minimum Gasteiger partial charge on any atom is -0.357 e. The lowest BCUT2D eigenvalue weighted by molar-refractivity contribution is 0.238. The number of pyridine rings is 1. The van der Waals surface area contributed by atoms with E-state index in [4.69, 9.17) is 0 Å². The molecule has 0 atom stereocenters. The molecule has 1 aromatic rings. The van der Waals surface area contributed by atoms with Crippen LogP contribution in [0.1, 0.15) is 52.0 Å². The zero-order valence-electron chi connectivity index (χ0n) is 13.3. The fraction of sp³-hybridized carbons (Fsp3) is 0.706. The van der Waals surface area contributed by atoms with Crippen LogP contribution in [0.3, 0.4) is 0 Å². The highest BCUT2D eigenvalue weighted by Gasteiger charge is 2.28. The molecule has 20 heavy (non-hydrogen) atoms. The lowest BCUT2D eigenvalue weighted by atomic mass is 9.78. The summed E-state index contributed by atoms with van der Waals surface area (Å²) < 4.78 is 0. The van der Waals surface area contributed by atoms with Crippen LogP contribution in [0.15, 0.2) is 18.3 Å². The molecule has 112 valence electrons. The maximum absolute atomic E-state index is 4.64. The van der Waals surface area contributed by atoms with E-state index < -0.39 is 0 Å². The van der Waals surface area contributed by atoms with E-state index in [0.29, 0.717) is 5.41 Å². The molecule has 3 nitrogen and oxygen atoms in total. The fourth-order valence-electron chi connectivity index (χ4n) is 2.75. The topological polar surface area (TPSA) is 28.2 Å². The van der Waals surface area contributed by atoms with Crippen LogP contribution in [0.4, 0.5) is 5.82 Å². The standard InChI is InChI=1S/C17H29N3/c1-4-10-18-13-15-6-7-16(19-14-15)20-11-8-17(3,5-2)9-12-20/h6-7,14,18H,4-5,8-13H2,1-3H3. The number of piperidine rings is 1. The predicted octanol–water partition coefficient (Wildman–Crippen LogP) is 3.60. The Morgan fingerprint density at radius 1 is 1.25 bits per heavy atom. The summed E-state index contributed by atoms with van der Waals surface area (Å²) in [6.45, 7) is 11.2. The van der Waals surface area contributed by atoms with Gasteiger partial charge in [0.25, 0.3) is 0 Å². The molecule has 3 heteroatoms. The first-order chi connectivity index (χ1) is 9.67. The van der Waals surface area contributed by atoms with Gasteiger partial charge in [0, 0.05) is 25.8 Å². The van der Waals surface area contributed by atoms with Crippen molar-refractivity contribution in [2.75, 3.05) is 24.5 Å². The SMILES string of the molecule is CCCNCc1ccc(N2CCC(C)(CC)CC2)nc1. The summed E-state index contributed by atoms with van der Waals surface area (Å²) in [5.41, 5.74) is 1.82. The van der Waals surface area contributed by atoms with Gasteiger partial charge in [-0.1, -0.05) is 33.3 Å². The van der Waals surface area contributed by atoms with Crippen LogP contribution in [0.5, 0.6) is 0 Å². The van der Waals surface area contributed by atoms with Crippen molar-refractivity contribution in [2.24, 2.45) is 5.41 Å². The first kappa shape index (κ1) is 15.3. The van der Waals surface area contributed by atoms with Crippen LogP contribution in [0.25, 0.3) is 0 Å². The Bertz CT molecular complexity index is 391. The second-order valence-corrected chi connectivity index (χ2v) is 6.35. The number of aromatic nitrogens is 1. The Balaban J connectivity index is 1.87. The lowest BCUT2D eigenvalue weighted by Crippen LogP contribution is -2.38. The molecule has 1 aliphatic heterocycles. The van der Waals surface area contributed by atoms with Gasteiger partial charge < -0.3 is 10.2 Å². The largest absolute Gasteiger partial charge is 0.357 e. The summed E-state index contributed by atoms with van der Waals surface area (Å²) >= 11 is 0. The average molecular weight is 275 g/mol. The second kappa shape index (κ2) is 7.07. The summed E-state index contributed by atoms with van der Waals surface area (Å²) in [5.74, 6) is 1.14. The van der Waals surface area contributed by atoms with Gasteiger partial charge in [-0.2, -0.15) is 0 Å². The third-order valence-electron chi connectivity index (χ3n) is 4.71. The molecule has 1 aliphatic rings. The van der Waals surface area contributed by atoms with E-state index in [0.717, 1.165) is 32.0 Å². The molecule has 1 fully saturated rings. The molecule has 2 rings (SSSR count). The first-order valence-electron chi connectivity index (χ1n) is 8.07. The number of hydrogen-bond donors (Lipinski definition) is 1. The van der Waals surface area contributed by atoms with Gasteiger partial charge in [-0.05, 0) is 42.9 Å². The Labute approximate surface area is 123 Å². The summed E-state index contributed by atoms with van der Waals surface area (Å²) in [6.07, 6.45) is 7.05. The van der Waals surface area contributed by atoms with Gasteiger partial charge in [-0.25, -0.2) is 4.98 Å². The number of rotatable bonds is 6. The first-order valence-corrected chi connectivity index (χ1v) is 8.07. The van der Waals surface area contributed by atoms with Crippen LogP contribution < -0.4 is 10.2 Å². The van der Waals surface area contributed by atoms with Gasteiger partial charge in [0.1, 0.15) is 5.82 Å². The van der Waals surface area contributed by atoms with Gasteiger partial charge in [-0.15, -0.1) is 0 Å². The van der Waals surface area contributed by atoms with Crippen molar-refractivity contribution in [3.8, 4) is 0 Å². The Morgan fingerprint density at radius 3 is 2.55 bits per heavy atom. The number of hydrogen-bond acceptors (Lipinski definition) is 3. The van der Waals surface area contributed by atoms with E-state index in [9.17, 15) is 0 Å². The summed E-state index contributed by atoms with van der Waals surface area (Å²) in [4.78, 5) is 7.07. The van der Waals surface area contributed by atoms with Crippen LogP contribution in [-0.4, -0.2) is 24.6 Å². The van der Waals surface area contributed by atoms with Crippen LogP contribution >= 0.6 is 0 Å². The van der Waals surface area contributed by atoms with Crippen molar-refractivity contribution in [3.05, 3.63) is 23.9 Å². The molecule has 0 unspecified atom stereocenters. The molecular formula is C17H29N3. The van der Waals surface area contributed by atoms with E-state index in [1.54, 1.807) is 0 Å². The van der Waals surface area contributed by atoms with Crippen LogP contribution in [-0.2, 0) is 6.54 Å². The fourth-order valence-corrected chi connectivity index (χ4v) is 2.75. The van der Waals surface area contributed by atoms with Crippen LogP contribution in [0, 0.1) is 5.41 Å². The molecule has 0 aliphatic carbocycles. The van der Waals surface area contributed by atoms with Crippen LogP contribution in [0.2, 0.25) is 0 Å². The van der Waals surface area contributed by atoms with Crippen molar-refractivity contribution in [1.82, 2.24) is 10.3 Å². The van der Waals surface area contributed by atoms with Gasteiger partial charge in [0.2, 0.25) is 0 Å². The molecule has 1 saturated heterocycles. The highest BCUT2D eigenvalue weighted by atomic mass is 15.2. The third kappa shape index (κ3) is 3.95.